The van der Waals surface area contributed by atoms with E-state index in [2.05, 4.69) is 47.9 Å². The number of fused-ring (bicyclic) bond motifs is 1. The van der Waals surface area contributed by atoms with E-state index in [-0.39, 0.29) is 0 Å². The molecular weight excluding hydrogens is 428 g/mol. The van der Waals surface area contributed by atoms with E-state index in [9.17, 15) is 4.79 Å². The van der Waals surface area contributed by atoms with E-state index in [4.69, 9.17) is 9.47 Å². The fourth-order valence-electron chi connectivity index (χ4n) is 4.69. The third-order valence-electron chi connectivity index (χ3n) is 6.74. The van der Waals surface area contributed by atoms with Gasteiger partial charge in [-0.25, -0.2) is 0 Å². The standard InChI is InChI=1S/C18H21N3O3.C9H21N/c22-9-8-20-12-15(10-16(20)4-7-21-6-1-5-19-21)14-2-3-17-18(11-14)24-13-23-17;1-4-6-8-10(3)9-7-5-2/h1-3,5-6,9,11,15-16H,4,7-8,10,12-13H2;4-9H2,1-3H3. The van der Waals surface area contributed by atoms with Gasteiger partial charge in [-0.2, -0.15) is 5.10 Å². The number of unbranched alkanes of at least 4 members (excludes halogenated alkanes) is 2. The minimum Gasteiger partial charge on any atom is -0.454 e. The maximum Gasteiger partial charge on any atom is 0.231 e. The largest absolute Gasteiger partial charge is 0.454 e. The molecule has 0 radical (unpaired) electrons. The van der Waals surface area contributed by atoms with Crippen molar-refractivity contribution in [2.45, 2.75) is 70.9 Å². The Balaban J connectivity index is 0.000000277. The molecule has 3 heterocycles. The fraction of sp³-hybridized carbons (Fsp3) is 0.630. The number of rotatable bonds is 12. The number of aryl methyl sites for hydroxylation is 1. The average Bonchev–Trinajstić information content (AvgIpc) is 3.61. The molecule has 7 nitrogen and oxygen atoms in total. The number of hydrogen-bond acceptors (Lipinski definition) is 6. The molecule has 0 N–H and O–H groups in total. The van der Waals surface area contributed by atoms with E-state index in [1.165, 1.54) is 44.3 Å². The number of carbonyl (C=O) groups excluding carboxylic acids is 1. The van der Waals surface area contributed by atoms with E-state index in [0.29, 0.717) is 25.3 Å². The fourth-order valence-corrected chi connectivity index (χ4v) is 4.69. The first kappa shape index (κ1) is 26.2. The van der Waals surface area contributed by atoms with Gasteiger partial charge in [0.15, 0.2) is 11.5 Å². The molecule has 2 aliphatic heterocycles. The van der Waals surface area contributed by atoms with Gasteiger partial charge in [-0.3, -0.25) is 9.58 Å². The number of aldehydes is 1. The Hall–Kier alpha value is -2.38. The summed E-state index contributed by atoms with van der Waals surface area (Å²) in [5, 5.41) is 4.26. The highest BCUT2D eigenvalue weighted by Crippen LogP contribution is 2.39. The molecule has 2 aromatic rings. The molecule has 188 valence electrons. The first-order chi connectivity index (χ1) is 16.6. The zero-order valence-electron chi connectivity index (χ0n) is 21.2. The summed E-state index contributed by atoms with van der Waals surface area (Å²) in [5.74, 6) is 2.06. The first-order valence-electron chi connectivity index (χ1n) is 12.9. The van der Waals surface area contributed by atoms with Gasteiger partial charge in [-0.05, 0) is 75.5 Å². The minimum atomic E-state index is 0.299. The smallest absolute Gasteiger partial charge is 0.231 e. The summed E-state index contributed by atoms with van der Waals surface area (Å²) >= 11 is 0. The van der Waals surface area contributed by atoms with E-state index in [0.717, 1.165) is 43.7 Å². The molecule has 34 heavy (non-hydrogen) atoms. The molecule has 0 amide bonds. The summed E-state index contributed by atoms with van der Waals surface area (Å²) < 4.78 is 12.8. The predicted octanol–water partition coefficient (Wildman–Crippen LogP) is 4.58. The van der Waals surface area contributed by atoms with Gasteiger partial charge >= 0.3 is 0 Å². The molecule has 2 unspecified atom stereocenters. The van der Waals surface area contributed by atoms with Crippen molar-refractivity contribution >= 4 is 6.29 Å². The topological polar surface area (TPSA) is 59.8 Å². The van der Waals surface area contributed by atoms with E-state index < -0.39 is 0 Å². The summed E-state index contributed by atoms with van der Waals surface area (Å²) in [6.45, 7) is 9.61. The quantitative estimate of drug-likeness (QED) is 0.423. The molecule has 1 fully saturated rings. The van der Waals surface area contributed by atoms with Gasteiger partial charge in [0, 0.05) is 31.5 Å². The highest BCUT2D eigenvalue weighted by Gasteiger charge is 2.33. The van der Waals surface area contributed by atoms with Crippen LogP contribution in [0.3, 0.4) is 0 Å². The number of aromatic nitrogens is 2. The van der Waals surface area contributed by atoms with Crippen LogP contribution in [-0.4, -0.2) is 71.9 Å². The molecule has 7 heteroatoms. The third kappa shape index (κ3) is 7.84. The molecule has 1 saturated heterocycles. The first-order valence-corrected chi connectivity index (χ1v) is 12.9. The zero-order chi connectivity index (χ0) is 24.2. The second kappa shape index (κ2) is 14.1. The van der Waals surface area contributed by atoms with Crippen LogP contribution in [0.4, 0.5) is 0 Å². The zero-order valence-corrected chi connectivity index (χ0v) is 21.2. The number of likely N-dealkylation sites (tertiary alicyclic amines) is 1. The molecule has 0 saturated carbocycles. The Bertz CT molecular complexity index is 834. The molecule has 2 aliphatic rings. The van der Waals surface area contributed by atoms with Crippen molar-refractivity contribution in [3.05, 3.63) is 42.2 Å². The molecule has 0 aliphatic carbocycles. The lowest BCUT2D eigenvalue weighted by atomic mass is 9.95. The predicted molar refractivity (Wildman–Crippen MR) is 136 cm³/mol. The van der Waals surface area contributed by atoms with Crippen LogP contribution in [0.2, 0.25) is 0 Å². The summed E-state index contributed by atoms with van der Waals surface area (Å²) in [6, 6.07) is 8.52. The maximum atomic E-state index is 11.0. The number of nitrogens with zero attached hydrogens (tertiary/aromatic N) is 4. The van der Waals surface area contributed by atoms with Gasteiger partial charge in [0.05, 0.1) is 6.54 Å². The van der Waals surface area contributed by atoms with E-state index in [1.807, 2.05) is 23.0 Å². The Morgan fingerprint density at radius 2 is 1.91 bits per heavy atom. The lowest BCUT2D eigenvalue weighted by Gasteiger charge is -2.21. The van der Waals surface area contributed by atoms with Crippen LogP contribution < -0.4 is 9.47 Å². The number of carbonyl (C=O) groups is 1. The molecule has 4 rings (SSSR count). The van der Waals surface area contributed by atoms with Crippen LogP contribution in [0.5, 0.6) is 11.5 Å². The summed E-state index contributed by atoms with van der Waals surface area (Å²) in [4.78, 5) is 15.7. The Labute approximate surface area is 205 Å². The molecule has 0 bridgehead atoms. The van der Waals surface area contributed by atoms with Crippen molar-refractivity contribution in [1.29, 1.82) is 0 Å². The van der Waals surface area contributed by atoms with Crippen molar-refractivity contribution in [1.82, 2.24) is 19.6 Å². The normalized spacial score (nSPS) is 19.3. The van der Waals surface area contributed by atoms with Crippen LogP contribution in [0.15, 0.2) is 36.7 Å². The lowest BCUT2D eigenvalue weighted by molar-refractivity contribution is -0.109. The van der Waals surface area contributed by atoms with Crippen molar-refractivity contribution in [3.63, 3.8) is 0 Å². The number of benzene rings is 1. The Kier molecular flexibility index (Phi) is 10.9. The van der Waals surface area contributed by atoms with Gasteiger partial charge in [0.2, 0.25) is 6.79 Å². The number of hydrogen-bond donors (Lipinski definition) is 0. The third-order valence-corrected chi connectivity index (χ3v) is 6.74. The average molecular weight is 471 g/mol. The maximum absolute atomic E-state index is 11.0. The molecule has 1 aromatic carbocycles. The minimum absolute atomic E-state index is 0.299. The van der Waals surface area contributed by atoms with Gasteiger partial charge < -0.3 is 19.2 Å². The van der Waals surface area contributed by atoms with Crippen molar-refractivity contribution in [2.75, 3.05) is 40.0 Å². The summed E-state index contributed by atoms with van der Waals surface area (Å²) in [7, 11) is 2.21. The van der Waals surface area contributed by atoms with Gasteiger partial charge in [-0.15, -0.1) is 0 Å². The molecule has 1 aromatic heterocycles. The summed E-state index contributed by atoms with van der Waals surface area (Å²) in [6.07, 6.45) is 12.2. The Morgan fingerprint density at radius 1 is 1.15 bits per heavy atom. The summed E-state index contributed by atoms with van der Waals surface area (Å²) in [5.41, 5.74) is 1.26. The highest BCUT2D eigenvalue weighted by molar-refractivity contribution is 5.52. The van der Waals surface area contributed by atoms with Gasteiger partial charge in [-0.1, -0.05) is 32.8 Å². The van der Waals surface area contributed by atoms with Crippen LogP contribution in [0, 0.1) is 0 Å². The van der Waals surface area contributed by atoms with Crippen LogP contribution in [-0.2, 0) is 11.3 Å². The van der Waals surface area contributed by atoms with Crippen molar-refractivity contribution in [3.8, 4) is 11.5 Å². The molecular formula is C27H42N4O3. The van der Waals surface area contributed by atoms with Gasteiger partial charge in [0.1, 0.15) is 6.29 Å². The molecule has 0 spiro atoms. The second-order valence-corrected chi connectivity index (χ2v) is 9.39. The highest BCUT2D eigenvalue weighted by atomic mass is 16.7. The van der Waals surface area contributed by atoms with Crippen molar-refractivity contribution in [2.24, 2.45) is 0 Å². The van der Waals surface area contributed by atoms with Crippen LogP contribution in [0.25, 0.3) is 0 Å². The van der Waals surface area contributed by atoms with Crippen LogP contribution in [0.1, 0.15) is 63.9 Å². The van der Waals surface area contributed by atoms with E-state index in [1.54, 1.807) is 6.20 Å². The van der Waals surface area contributed by atoms with E-state index >= 15 is 0 Å². The molecule has 2 atom stereocenters. The second-order valence-electron chi connectivity index (χ2n) is 9.39. The van der Waals surface area contributed by atoms with Gasteiger partial charge in [0.25, 0.3) is 0 Å². The van der Waals surface area contributed by atoms with Crippen LogP contribution >= 0.6 is 0 Å². The monoisotopic (exact) mass is 470 g/mol. The lowest BCUT2D eigenvalue weighted by Crippen LogP contribution is -2.32. The SMILES string of the molecule is CCCCN(C)CCCC.O=CCN1CC(c2ccc3c(c2)OCO3)CC1CCn1cccn1. The number of ether oxygens (including phenoxy) is 2. The van der Waals surface area contributed by atoms with Crippen molar-refractivity contribution < 1.29 is 14.3 Å². The Morgan fingerprint density at radius 3 is 2.59 bits per heavy atom.